The molecule has 94 valence electrons. The predicted octanol–water partition coefficient (Wildman–Crippen LogP) is 1.09. The smallest absolute Gasteiger partial charge is 0.234 e. The van der Waals surface area contributed by atoms with Gasteiger partial charge in [0.05, 0.1) is 24.6 Å². The lowest BCUT2D eigenvalue weighted by atomic mass is 10.4. The Morgan fingerprint density at radius 2 is 2.24 bits per heavy atom. The lowest BCUT2D eigenvalue weighted by Crippen LogP contribution is -2.35. The van der Waals surface area contributed by atoms with Crippen LogP contribution >= 0.6 is 11.6 Å². The molecule has 0 aliphatic rings. The number of amides is 1. The first kappa shape index (κ1) is 13.9. The molecular weight excluding hydrogens is 240 g/mol. The van der Waals surface area contributed by atoms with Crippen molar-refractivity contribution in [2.24, 2.45) is 0 Å². The van der Waals surface area contributed by atoms with Crippen molar-refractivity contribution in [3.8, 4) is 0 Å². The van der Waals surface area contributed by atoms with Gasteiger partial charge in [0, 0.05) is 13.1 Å². The second-order valence-electron chi connectivity index (χ2n) is 3.85. The molecule has 0 aromatic carbocycles. The third-order valence-electron chi connectivity index (χ3n) is 2.09. The molecule has 17 heavy (non-hydrogen) atoms. The Balaban J connectivity index is 2.36. The van der Waals surface area contributed by atoms with E-state index in [0.717, 1.165) is 12.1 Å². The van der Waals surface area contributed by atoms with Gasteiger partial charge in [0.1, 0.15) is 5.15 Å². The number of rotatable bonds is 6. The van der Waals surface area contributed by atoms with Crippen molar-refractivity contribution < 1.29 is 4.79 Å². The SMILES string of the molecule is CCCNC(=O)CN(C)Cc1cnc(Cl)cn1. The Kier molecular flexibility index (Phi) is 5.86. The van der Waals surface area contributed by atoms with Crippen LogP contribution in [0.15, 0.2) is 12.4 Å². The van der Waals surface area contributed by atoms with E-state index in [9.17, 15) is 4.79 Å². The van der Waals surface area contributed by atoms with Crippen LogP contribution in [0.4, 0.5) is 0 Å². The maximum atomic E-state index is 11.4. The fourth-order valence-electron chi connectivity index (χ4n) is 1.32. The van der Waals surface area contributed by atoms with Gasteiger partial charge in [0.2, 0.25) is 5.91 Å². The van der Waals surface area contributed by atoms with Gasteiger partial charge in [-0.15, -0.1) is 0 Å². The zero-order chi connectivity index (χ0) is 12.7. The second-order valence-corrected chi connectivity index (χ2v) is 4.24. The number of nitrogens with zero attached hydrogens (tertiary/aromatic N) is 3. The lowest BCUT2D eigenvalue weighted by Gasteiger charge is -2.15. The molecule has 6 heteroatoms. The van der Waals surface area contributed by atoms with Crippen molar-refractivity contribution in [1.29, 1.82) is 0 Å². The van der Waals surface area contributed by atoms with E-state index in [2.05, 4.69) is 15.3 Å². The third-order valence-corrected chi connectivity index (χ3v) is 2.29. The molecule has 1 amide bonds. The molecule has 0 aliphatic heterocycles. The van der Waals surface area contributed by atoms with Crippen molar-refractivity contribution in [1.82, 2.24) is 20.2 Å². The molecule has 1 rings (SSSR count). The van der Waals surface area contributed by atoms with E-state index in [1.807, 2.05) is 18.9 Å². The van der Waals surface area contributed by atoms with Gasteiger partial charge in [-0.25, -0.2) is 4.98 Å². The quantitative estimate of drug-likeness (QED) is 0.828. The van der Waals surface area contributed by atoms with Gasteiger partial charge < -0.3 is 5.32 Å². The van der Waals surface area contributed by atoms with Gasteiger partial charge in [-0.1, -0.05) is 18.5 Å². The van der Waals surface area contributed by atoms with Gasteiger partial charge in [-0.2, -0.15) is 0 Å². The van der Waals surface area contributed by atoms with Crippen LogP contribution in [0.25, 0.3) is 0 Å². The van der Waals surface area contributed by atoms with Crippen molar-refractivity contribution in [2.45, 2.75) is 19.9 Å². The number of aromatic nitrogens is 2. The third kappa shape index (κ3) is 5.60. The summed E-state index contributed by atoms with van der Waals surface area (Å²) in [4.78, 5) is 21.4. The molecule has 0 atom stereocenters. The molecule has 0 fully saturated rings. The van der Waals surface area contributed by atoms with Gasteiger partial charge in [0.25, 0.3) is 0 Å². The highest BCUT2D eigenvalue weighted by Crippen LogP contribution is 2.03. The van der Waals surface area contributed by atoms with Crippen molar-refractivity contribution >= 4 is 17.5 Å². The summed E-state index contributed by atoms with van der Waals surface area (Å²) in [5.74, 6) is 0.0243. The number of hydrogen-bond acceptors (Lipinski definition) is 4. The van der Waals surface area contributed by atoms with Gasteiger partial charge >= 0.3 is 0 Å². The second kappa shape index (κ2) is 7.19. The van der Waals surface area contributed by atoms with E-state index >= 15 is 0 Å². The van der Waals surface area contributed by atoms with Crippen LogP contribution in [0.2, 0.25) is 5.15 Å². The van der Waals surface area contributed by atoms with E-state index in [4.69, 9.17) is 11.6 Å². The molecule has 5 nitrogen and oxygen atoms in total. The number of hydrogen-bond donors (Lipinski definition) is 1. The van der Waals surface area contributed by atoms with E-state index in [1.54, 1.807) is 6.20 Å². The zero-order valence-electron chi connectivity index (χ0n) is 10.1. The molecule has 0 bridgehead atoms. The molecule has 1 aromatic rings. The van der Waals surface area contributed by atoms with Crippen LogP contribution in [-0.4, -0.2) is 40.9 Å². The summed E-state index contributed by atoms with van der Waals surface area (Å²) in [7, 11) is 1.86. The Hall–Kier alpha value is -1.20. The summed E-state index contributed by atoms with van der Waals surface area (Å²) in [6.45, 7) is 3.66. The highest BCUT2D eigenvalue weighted by atomic mass is 35.5. The van der Waals surface area contributed by atoms with E-state index in [0.29, 0.717) is 24.8 Å². The minimum Gasteiger partial charge on any atom is -0.355 e. The molecule has 0 unspecified atom stereocenters. The fraction of sp³-hybridized carbons (Fsp3) is 0.545. The van der Waals surface area contributed by atoms with Gasteiger partial charge in [-0.05, 0) is 13.5 Å². The summed E-state index contributed by atoms with van der Waals surface area (Å²) >= 11 is 5.64. The summed E-state index contributed by atoms with van der Waals surface area (Å²) in [6.07, 6.45) is 4.06. The van der Waals surface area contributed by atoms with E-state index < -0.39 is 0 Å². The highest BCUT2D eigenvalue weighted by Gasteiger charge is 2.07. The Labute approximate surface area is 106 Å². The van der Waals surface area contributed by atoms with E-state index in [1.165, 1.54) is 6.20 Å². The monoisotopic (exact) mass is 256 g/mol. The van der Waals surface area contributed by atoms with Crippen molar-refractivity contribution in [3.63, 3.8) is 0 Å². The Morgan fingerprint density at radius 1 is 1.47 bits per heavy atom. The highest BCUT2D eigenvalue weighted by molar-refractivity contribution is 6.29. The first-order chi connectivity index (χ1) is 8.11. The Morgan fingerprint density at radius 3 is 2.82 bits per heavy atom. The minimum absolute atomic E-state index is 0.0243. The molecule has 0 saturated heterocycles. The number of carbonyl (C=O) groups excluding carboxylic acids is 1. The predicted molar refractivity (Wildman–Crippen MR) is 66.7 cm³/mol. The number of likely N-dealkylation sites (N-methyl/N-ethyl adjacent to an activating group) is 1. The summed E-state index contributed by atoms with van der Waals surface area (Å²) in [5, 5.41) is 3.19. The maximum absolute atomic E-state index is 11.4. The van der Waals surface area contributed by atoms with E-state index in [-0.39, 0.29) is 5.91 Å². The van der Waals surface area contributed by atoms with Gasteiger partial charge in [0.15, 0.2) is 0 Å². The molecular formula is C11H17ClN4O. The Bertz CT molecular complexity index is 355. The van der Waals surface area contributed by atoms with Crippen LogP contribution in [0.3, 0.4) is 0 Å². The molecule has 1 heterocycles. The zero-order valence-corrected chi connectivity index (χ0v) is 10.9. The minimum atomic E-state index is 0.0243. The number of nitrogens with one attached hydrogen (secondary N) is 1. The molecule has 0 radical (unpaired) electrons. The first-order valence-corrected chi connectivity index (χ1v) is 5.91. The first-order valence-electron chi connectivity index (χ1n) is 5.53. The number of carbonyl (C=O) groups is 1. The van der Waals surface area contributed by atoms with Crippen molar-refractivity contribution in [2.75, 3.05) is 20.1 Å². The average molecular weight is 257 g/mol. The van der Waals surface area contributed by atoms with Crippen LogP contribution in [0.1, 0.15) is 19.0 Å². The van der Waals surface area contributed by atoms with Crippen LogP contribution < -0.4 is 5.32 Å². The summed E-state index contributed by atoms with van der Waals surface area (Å²) < 4.78 is 0. The molecule has 0 spiro atoms. The maximum Gasteiger partial charge on any atom is 0.234 e. The molecule has 0 saturated carbocycles. The molecule has 1 aromatic heterocycles. The number of halogens is 1. The van der Waals surface area contributed by atoms with Crippen LogP contribution in [0.5, 0.6) is 0 Å². The largest absolute Gasteiger partial charge is 0.355 e. The van der Waals surface area contributed by atoms with Crippen molar-refractivity contribution in [3.05, 3.63) is 23.2 Å². The van der Waals surface area contributed by atoms with Crippen LogP contribution in [-0.2, 0) is 11.3 Å². The van der Waals surface area contributed by atoms with Crippen LogP contribution in [0, 0.1) is 0 Å². The molecule has 1 N–H and O–H groups in total. The average Bonchev–Trinajstić information content (AvgIpc) is 2.29. The lowest BCUT2D eigenvalue weighted by molar-refractivity contribution is -0.122. The summed E-state index contributed by atoms with van der Waals surface area (Å²) in [5.41, 5.74) is 0.792. The normalized spacial score (nSPS) is 10.6. The topological polar surface area (TPSA) is 58.1 Å². The summed E-state index contributed by atoms with van der Waals surface area (Å²) in [6, 6.07) is 0. The fourth-order valence-corrected chi connectivity index (χ4v) is 1.42. The van der Waals surface area contributed by atoms with Gasteiger partial charge in [-0.3, -0.25) is 14.7 Å². The standard InChI is InChI=1S/C11H17ClN4O/c1-3-4-13-11(17)8-16(2)7-9-5-15-10(12)6-14-9/h5-6H,3-4,7-8H2,1-2H3,(H,13,17). The molecule has 0 aliphatic carbocycles.